The molecular formula is C27H35N3O2. The van der Waals surface area contributed by atoms with Gasteiger partial charge >= 0.3 is 0 Å². The van der Waals surface area contributed by atoms with Crippen LogP contribution in [0.5, 0.6) is 0 Å². The lowest BCUT2D eigenvalue weighted by atomic mass is 9.49. The van der Waals surface area contributed by atoms with Crippen LogP contribution in [0.2, 0.25) is 0 Å². The number of hydrogen-bond donors (Lipinski definition) is 2. The monoisotopic (exact) mass is 433 g/mol. The number of hydrogen-bond acceptors (Lipinski definition) is 3. The number of aromatic nitrogens is 1. The van der Waals surface area contributed by atoms with E-state index in [0.717, 1.165) is 61.3 Å². The Hall–Kier alpha value is -2.14. The van der Waals surface area contributed by atoms with Crippen LogP contribution < -0.4 is 16.2 Å². The largest absolute Gasteiger partial charge is 0.325 e. The topological polar surface area (TPSA) is 63.1 Å². The van der Waals surface area contributed by atoms with E-state index in [-0.39, 0.29) is 16.9 Å². The van der Waals surface area contributed by atoms with E-state index < -0.39 is 0 Å². The second-order valence-corrected chi connectivity index (χ2v) is 11.4. The molecule has 2 N–H and O–H groups in total. The molecule has 1 amide bonds. The van der Waals surface area contributed by atoms with E-state index in [1.54, 1.807) is 0 Å². The van der Waals surface area contributed by atoms with Crippen molar-refractivity contribution in [3.05, 3.63) is 40.8 Å². The van der Waals surface area contributed by atoms with Crippen LogP contribution in [-0.4, -0.2) is 23.6 Å². The van der Waals surface area contributed by atoms with Crippen LogP contribution in [0.15, 0.2) is 35.3 Å². The summed E-state index contributed by atoms with van der Waals surface area (Å²) in [5, 5.41) is 8.14. The lowest BCUT2D eigenvalue weighted by Crippen LogP contribution is -2.47. The number of fused-ring (bicyclic) bond motifs is 1. The van der Waals surface area contributed by atoms with Gasteiger partial charge in [-0.25, -0.2) is 0 Å². The van der Waals surface area contributed by atoms with E-state index in [1.807, 2.05) is 35.0 Å². The molecule has 2 aromatic rings. The van der Waals surface area contributed by atoms with Crippen LogP contribution in [0.3, 0.4) is 0 Å². The minimum Gasteiger partial charge on any atom is -0.325 e. The Bertz CT molecular complexity index is 1050. The first kappa shape index (κ1) is 20.5. The van der Waals surface area contributed by atoms with E-state index in [1.165, 1.54) is 38.5 Å². The van der Waals surface area contributed by atoms with Gasteiger partial charge in [0.05, 0.1) is 0 Å². The maximum atomic E-state index is 13.2. The SMILES string of the molecule is O=C(CC12CC3CC(CC(C3)C1)C2)Nc1cccc2c(=O)n(CC3CCNCC3)ccc12. The molecule has 0 unspecified atom stereocenters. The first-order valence-corrected chi connectivity index (χ1v) is 12.7. The molecule has 5 nitrogen and oxygen atoms in total. The lowest BCUT2D eigenvalue weighted by Gasteiger charge is -2.56. The van der Waals surface area contributed by atoms with E-state index in [2.05, 4.69) is 10.6 Å². The van der Waals surface area contributed by atoms with Gasteiger partial charge in [0, 0.05) is 35.6 Å². The van der Waals surface area contributed by atoms with Gasteiger partial charge in [-0.1, -0.05) is 6.07 Å². The number of nitrogens with zero attached hydrogens (tertiary/aromatic N) is 1. The van der Waals surface area contributed by atoms with Gasteiger partial charge in [0.2, 0.25) is 5.91 Å². The summed E-state index contributed by atoms with van der Waals surface area (Å²) in [6.07, 6.45) is 12.7. The summed E-state index contributed by atoms with van der Waals surface area (Å²) in [5.74, 6) is 3.23. The molecule has 1 aromatic heterocycles. The fraction of sp³-hybridized carbons (Fsp3) is 0.630. The van der Waals surface area contributed by atoms with E-state index in [9.17, 15) is 9.59 Å². The Kier molecular flexibility index (Phi) is 5.13. The molecule has 170 valence electrons. The minimum atomic E-state index is 0.0539. The quantitative estimate of drug-likeness (QED) is 0.727. The van der Waals surface area contributed by atoms with Crippen molar-refractivity contribution in [2.45, 2.75) is 64.3 Å². The molecule has 4 bridgehead atoms. The number of rotatable bonds is 5. The molecule has 4 aliphatic carbocycles. The molecule has 0 spiro atoms. The van der Waals surface area contributed by atoms with Gasteiger partial charge in [-0.2, -0.15) is 0 Å². The lowest BCUT2D eigenvalue weighted by molar-refractivity contribution is -0.124. The summed E-state index contributed by atoms with van der Waals surface area (Å²) >= 11 is 0. The third-order valence-corrected chi connectivity index (χ3v) is 8.91. The van der Waals surface area contributed by atoms with Crippen molar-refractivity contribution in [2.24, 2.45) is 29.1 Å². The molecule has 4 saturated carbocycles. The molecule has 5 fully saturated rings. The number of piperidine rings is 1. The van der Waals surface area contributed by atoms with E-state index >= 15 is 0 Å². The number of anilines is 1. The Labute approximate surface area is 190 Å². The summed E-state index contributed by atoms with van der Waals surface area (Å²) < 4.78 is 1.86. The molecule has 0 atom stereocenters. The van der Waals surface area contributed by atoms with Crippen molar-refractivity contribution in [2.75, 3.05) is 18.4 Å². The summed E-state index contributed by atoms with van der Waals surface area (Å²) in [6.45, 7) is 2.85. The summed E-state index contributed by atoms with van der Waals surface area (Å²) in [4.78, 5) is 26.3. The maximum Gasteiger partial charge on any atom is 0.258 e. The van der Waals surface area contributed by atoms with Gasteiger partial charge in [-0.3, -0.25) is 9.59 Å². The zero-order valence-electron chi connectivity index (χ0n) is 18.9. The van der Waals surface area contributed by atoms with Crippen molar-refractivity contribution in [3.8, 4) is 0 Å². The fourth-order valence-electron chi connectivity index (χ4n) is 7.95. The van der Waals surface area contributed by atoms with Crippen LogP contribution in [-0.2, 0) is 11.3 Å². The van der Waals surface area contributed by atoms with Gasteiger partial charge in [0.1, 0.15) is 0 Å². The Balaban J connectivity index is 1.20. The van der Waals surface area contributed by atoms with E-state index in [0.29, 0.717) is 17.7 Å². The molecule has 7 rings (SSSR count). The molecule has 5 aliphatic rings. The second kappa shape index (κ2) is 8.02. The number of nitrogens with one attached hydrogen (secondary N) is 2. The molecular weight excluding hydrogens is 398 g/mol. The van der Waals surface area contributed by atoms with E-state index in [4.69, 9.17) is 0 Å². The number of carbonyl (C=O) groups excluding carboxylic acids is 1. The zero-order chi connectivity index (χ0) is 21.7. The predicted octanol–water partition coefficient (Wildman–Crippen LogP) is 4.55. The van der Waals surface area contributed by atoms with Gasteiger partial charge in [0.15, 0.2) is 0 Å². The van der Waals surface area contributed by atoms with Gasteiger partial charge in [-0.15, -0.1) is 0 Å². The van der Waals surface area contributed by atoms with Gasteiger partial charge in [-0.05, 0) is 112 Å². The first-order chi connectivity index (χ1) is 15.6. The maximum absolute atomic E-state index is 13.2. The predicted molar refractivity (Wildman–Crippen MR) is 128 cm³/mol. The summed E-state index contributed by atoms with van der Waals surface area (Å²) in [5.41, 5.74) is 1.06. The first-order valence-electron chi connectivity index (χ1n) is 12.7. The van der Waals surface area contributed by atoms with Crippen molar-refractivity contribution >= 4 is 22.4 Å². The Morgan fingerprint density at radius 1 is 1.00 bits per heavy atom. The molecule has 0 radical (unpaired) electrons. The van der Waals surface area contributed by atoms with Crippen LogP contribution in [0.25, 0.3) is 10.8 Å². The van der Waals surface area contributed by atoms with Crippen molar-refractivity contribution < 1.29 is 4.79 Å². The fourth-order valence-corrected chi connectivity index (χ4v) is 7.95. The summed E-state index contributed by atoms with van der Waals surface area (Å²) in [7, 11) is 0. The van der Waals surface area contributed by atoms with Crippen molar-refractivity contribution in [1.29, 1.82) is 0 Å². The minimum absolute atomic E-state index is 0.0539. The van der Waals surface area contributed by atoms with Crippen LogP contribution in [0, 0.1) is 29.1 Å². The zero-order valence-corrected chi connectivity index (χ0v) is 18.9. The van der Waals surface area contributed by atoms with Gasteiger partial charge < -0.3 is 15.2 Å². The van der Waals surface area contributed by atoms with Crippen LogP contribution >= 0.6 is 0 Å². The molecule has 1 aliphatic heterocycles. The van der Waals surface area contributed by atoms with Crippen molar-refractivity contribution in [3.63, 3.8) is 0 Å². The second-order valence-electron chi connectivity index (χ2n) is 11.4. The average Bonchev–Trinajstić information content (AvgIpc) is 2.75. The summed E-state index contributed by atoms with van der Waals surface area (Å²) in [6, 6.07) is 7.75. The van der Waals surface area contributed by atoms with Crippen LogP contribution in [0.1, 0.15) is 57.8 Å². The third-order valence-electron chi connectivity index (χ3n) is 8.91. The number of amides is 1. The van der Waals surface area contributed by atoms with Crippen LogP contribution in [0.4, 0.5) is 5.69 Å². The Morgan fingerprint density at radius 3 is 2.38 bits per heavy atom. The van der Waals surface area contributed by atoms with Gasteiger partial charge in [0.25, 0.3) is 5.56 Å². The molecule has 5 heteroatoms. The molecule has 1 aromatic carbocycles. The Morgan fingerprint density at radius 2 is 1.69 bits per heavy atom. The normalized spacial score (nSPS) is 31.8. The number of benzene rings is 1. The highest BCUT2D eigenvalue weighted by Crippen LogP contribution is 2.61. The standard InChI is InChI=1S/C27H35N3O2/c31-25(16-27-13-19-10-20(14-27)12-21(11-19)15-27)29-24-3-1-2-23-22(24)6-9-30(26(23)32)17-18-4-7-28-8-5-18/h1-3,6,9,18-21,28H,4-5,7-8,10-17H2,(H,29,31). The number of carbonyl (C=O) groups is 1. The molecule has 1 saturated heterocycles. The molecule has 2 heterocycles. The number of pyridine rings is 1. The molecule has 32 heavy (non-hydrogen) atoms. The van der Waals surface area contributed by atoms with Crippen molar-refractivity contribution in [1.82, 2.24) is 9.88 Å². The average molecular weight is 434 g/mol. The smallest absolute Gasteiger partial charge is 0.258 e. The highest BCUT2D eigenvalue weighted by atomic mass is 16.1. The highest BCUT2D eigenvalue weighted by molar-refractivity contribution is 6.02. The highest BCUT2D eigenvalue weighted by Gasteiger charge is 2.51. The third kappa shape index (κ3) is 3.79.